The highest BCUT2D eigenvalue weighted by Crippen LogP contribution is 2.23. The van der Waals surface area contributed by atoms with Gasteiger partial charge in [0.25, 0.3) is 0 Å². The monoisotopic (exact) mass is 318 g/mol. The van der Waals surface area contributed by atoms with E-state index in [-0.39, 0.29) is 11.7 Å². The van der Waals surface area contributed by atoms with Crippen LogP contribution in [0.5, 0.6) is 5.75 Å². The van der Waals surface area contributed by atoms with Crippen LogP contribution in [0.25, 0.3) is 0 Å². The lowest BCUT2D eigenvalue weighted by Gasteiger charge is -2.14. The molecule has 2 heterocycles. The molecule has 5 heteroatoms. The van der Waals surface area contributed by atoms with E-state index < -0.39 is 0 Å². The highest BCUT2D eigenvalue weighted by Gasteiger charge is 2.11. The maximum atomic E-state index is 13.2. The van der Waals surface area contributed by atoms with Gasteiger partial charge in [-0.15, -0.1) is 0 Å². The molecule has 4 nitrogen and oxygen atoms in total. The van der Waals surface area contributed by atoms with Gasteiger partial charge in [0.1, 0.15) is 17.3 Å². The number of halogens is 1. The number of methoxy groups -OCH3 is 1. The predicted molar refractivity (Wildman–Crippen MR) is 87.1 cm³/mol. The molecule has 0 bridgehead atoms. The summed E-state index contributed by atoms with van der Waals surface area (Å²) >= 11 is 0. The van der Waals surface area contributed by atoms with Crippen molar-refractivity contribution in [3.8, 4) is 5.75 Å². The molecule has 124 valence electrons. The van der Waals surface area contributed by atoms with Gasteiger partial charge in [0, 0.05) is 18.3 Å². The summed E-state index contributed by atoms with van der Waals surface area (Å²) in [7, 11) is 1.63. The van der Waals surface area contributed by atoms with Crippen molar-refractivity contribution in [3.63, 3.8) is 0 Å². The van der Waals surface area contributed by atoms with E-state index in [1.54, 1.807) is 13.3 Å². The molecule has 0 aliphatic heterocycles. The molecule has 0 saturated heterocycles. The molecule has 0 aliphatic rings. The van der Waals surface area contributed by atoms with Gasteiger partial charge in [-0.2, -0.15) is 0 Å². The Bertz CT molecular complexity index is 647. The zero-order chi connectivity index (χ0) is 16.8. The molecule has 2 rings (SSSR count). The number of rotatable bonds is 7. The van der Waals surface area contributed by atoms with Crippen molar-refractivity contribution in [1.82, 2.24) is 9.97 Å². The summed E-state index contributed by atoms with van der Waals surface area (Å²) in [5.41, 5.74) is 2.71. The second-order valence-corrected chi connectivity index (χ2v) is 5.92. The van der Waals surface area contributed by atoms with Crippen molar-refractivity contribution >= 4 is 0 Å². The topological polar surface area (TPSA) is 44.2 Å². The molecule has 0 fully saturated rings. The van der Waals surface area contributed by atoms with Gasteiger partial charge in [0.2, 0.25) is 0 Å². The third kappa shape index (κ3) is 4.73. The Morgan fingerprint density at radius 2 is 1.87 bits per heavy atom. The Balaban J connectivity index is 1.95. The van der Waals surface area contributed by atoms with E-state index in [2.05, 4.69) is 23.8 Å². The van der Waals surface area contributed by atoms with Crippen LogP contribution in [-0.2, 0) is 11.3 Å². The third-order valence-corrected chi connectivity index (χ3v) is 3.74. The van der Waals surface area contributed by atoms with Crippen LogP contribution in [0.2, 0.25) is 0 Å². The quantitative estimate of drug-likeness (QED) is 0.772. The van der Waals surface area contributed by atoms with Crippen molar-refractivity contribution in [3.05, 3.63) is 53.4 Å². The SMILES string of the molecule is COc1cc(C(C)C)cnc1COCC(C)c1cncc(F)c1. The zero-order valence-electron chi connectivity index (χ0n) is 14.0. The van der Waals surface area contributed by atoms with Gasteiger partial charge in [-0.3, -0.25) is 9.97 Å². The largest absolute Gasteiger partial charge is 0.495 e. The first-order chi connectivity index (χ1) is 11.0. The van der Waals surface area contributed by atoms with Gasteiger partial charge in [-0.25, -0.2) is 4.39 Å². The zero-order valence-corrected chi connectivity index (χ0v) is 14.0. The number of nitrogens with zero attached hydrogens (tertiary/aromatic N) is 2. The summed E-state index contributed by atoms with van der Waals surface area (Å²) in [5, 5.41) is 0. The van der Waals surface area contributed by atoms with Crippen LogP contribution in [0, 0.1) is 5.82 Å². The molecule has 1 atom stereocenters. The molecule has 0 aliphatic carbocycles. The Labute approximate surface area is 136 Å². The van der Waals surface area contributed by atoms with E-state index in [9.17, 15) is 4.39 Å². The molecule has 23 heavy (non-hydrogen) atoms. The second-order valence-electron chi connectivity index (χ2n) is 5.92. The molecule has 0 spiro atoms. The van der Waals surface area contributed by atoms with Crippen LogP contribution in [-0.4, -0.2) is 23.7 Å². The lowest BCUT2D eigenvalue weighted by Crippen LogP contribution is -2.07. The van der Waals surface area contributed by atoms with E-state index in [1.807, 2.05) is 19.2 Å². The summed E-state index contributed by atoms with van der Waals surface area (Å²) in [6, 6.07) is 3.48. The van der Waals surface area contributed by atoms with Crippen LogP contribution < -0.4 is 4.74 Å². The number of pyridine rings is 2. The summed E-state index contributed by atoms with van der Waals surface area (Å²) in [6.45, 7) is 7.02. The maximum absolute atomic E-state index is 13.2. The van der Waals surface area contributed by atoms with Crippen LogP contribution in [0.3, 0.4) is 0 Å². The standard InChI is InChI=1S/C18H23FN2O2/c1-12(2)14-6-18(22-4)17(21-8-14)11-23-10-13(3)15-5-16(19)9-20-7-15/h5-9,12-13H,10-11H2,1-4H3. The Hall–Kier alpha value is -2.01. The molecule has 0 N–H and O–H groups in total. The summed E-state index contributed by atoms with van der Waals surface area (Å²) in [5.74, 6) is 0.851. The average molecular weight is 318 g/mol. The highest BCUT2D eigenvalue weighted by molar-refractivity contribution is 5.32. The van der Waals surface area contributed by atoms with Crippen molar-refractivity contribution < 1.29 is 13.9 Å². The minimum absolute atomic E-state index is 0.0548. The molecule has 2 aromatic rings. The normalized spacial score (nSPS) is 12.4. The molecule has 0 saturated carbocycles. The van der Waals surface area contributed by atoms with Crippen LogP contribution in [0.4, 0.5) is 4.39 Å². The maximum Gasteiger partial charge on any atom is 0.143 e. The first kappa shape index (κ1) is 17.3. The average Bonchev–Trinajstić information content (AvgIpc) is 2.54. The van der Waals surface area contributed by atoms with Gasteiger partial charge < -0.3 is 9.47 Å². The lowest BCUT2D eigenvalue weighted by atomic mass is 10.0. The van der Waals surface area contributed by atoms with Crippen molar-refractivity contribution in [2.45, 2.75) is 39.2 Å². The van der Waals surface area contributed by atoms with Gasteiger partial charge in [0.05, 0.1) is 26.5 Å². The molecular formula is C18H23FN2O2. The number of hydrogen-bond donors (Lipinski definition) is 0. The van der Waals surface area contributed by atoms with Gasteiger partial charge in [0.15, 0.2) is 0 Å². The molecule has 1 unspecified atom stereocenters. The number of ether oxygens (including phenoxy) is 2. The number of hydrogen-bond acceptors (Lipinski definition) is 4. The van der Waals surface area contributed by atoms with Crippen molar-refractivity contribution in [2.24, 2.45) is 0 Å². The summed E-state index contributed by atoms with van der Waals surface area (Å²) < 4.78 is 24.3. The summed E-state index contributed by atoms with van der Waals surface area (Å²) in [4.78, 5) is 8.29. The fourth-order valence-corrected chi connectivity index (χ4v) is 2.22. The molecule has 0 amide bonds. The minimum Gasteiger partial charge on any atom is -0.495 e. The molecular weight excluding hydrogens is 295 g/mol. The van der Waals surface area contributed by atoms with Crippen molar-refractivity contribution in [2.75, 3.05) is 13.7 Å². The van der Waals surface area contributed by atoms with Crippen LogP contribution >= 0.6 is 0 Å². The highest BCUT2D eigenvalue weighted by atomic mass is 19.1. The van der Waals surface area contributed by atoms with E-state index in [0.717, 1.165) is 22.6 Å². The molecule has 0 radical (unpaired) electrons. The number of aromatic nitrogens is 2. The fourth-order valence-electron chi connectivity index (χ4n) is 2.22. The Morgan fingerprint density at radius 3 is 2.52 bits per heavy atom. The van der Waals surface area contributed by atoms with E-state index >= 15 is 0 Å². The lowest BCUT2D eigenvalue weighted by molar-refractivity contribution is 0.106. The first-order valence-electron chi connectivity index (χ1n) is 7.72. The van der Waals surface area contributed by atoms with Crippen LogP contribution in [0.15, 0.2) is 30.7 Å². The Kier molecular flexibility index (Phi) is 6.04. The second kappa shape index (κ2) is 8.02. The van der Waals surface area contributed by atoms with E-state index in [0.29, 0.717) is 19.1 Å². The van der Waals surface area contributed by atoms with E-state index in [1.165, 1.54) is 12.3 Å². The fraction of sp³-hybridized carbons (Fsp3) is 0.444. The molecule has 0 aromatic carbocycles. The van der Waals surface area contributed by atoms with E-state index in [4.69, 9.17) is 9.47 Å². The van der Waals surface area contributed by atoms with Crippen LogP contribution in [0.1, 0.15) is 49.4 Å². The van der Waals surface area contributed by atoms with Gasteiger partial charge >= 0.3 is 0 Å². The summed E-state index contributed by atoms with van der Waals surface area (Å²) in [6.07, 6.45) is 4.71. The van der Waals surface area contributed by atoms with Gasteiger partial charge in [-0.1, -0.05) is 20.8 Å². The minimum atomic E-state index is -0.332. The first-order valence-corrected chi connectivity index (χ1v) is 7.72. The molecule has 2 aromatic heterocycles. The Morgan fingerprint density at radius 1 is 1.09 bits per heavy atom. The smallest absolute Gasteiger partial charge is 0.143 e. The predicted octanol–water partition coefficient (Wildman–Crippen LogP) is 4.07. The van der Waals surface area contributed by atoms with Gasteiger partial charge in [-0.05, 0) is 29.2 Å². The van der Waals surface area contributed by atoms with Crippen molar-refractivity contribution in [1.29, 1.82) is 0 Å². The third-order valence-electron chi connectivity index (χ3n) is 3.74.